The minimum Gasteiger partial charge on any atom is -0.491 e. The van der Waals surface area contributed by atoms with Crippen molar-refractivity contribution in [3.8, 4) is 5.75 Å². The zero-order valence-corrected chi connectivity index (χ0v) is 15.8. The van der Waals surface area contributed by atoms with E-state index in [1.807, 2.05) is 19.9 Å². The first-order chi connectivity index (χ1) is 12.7. The first-order valence-electron chi connectivity index (χ1n) is 9.11. The van der Waals surface area contributed by atoms with Gasteiger partial charge in [0.15, 0.2) is 0 Å². The molecule has 1 aromatic rings. The normalized spacial score (nSPS) is 19.1. The Morgan fingerprint density at radius 1 is 1.33 bits per heavy atom. The smallest absolute Gasteiger partial charge is 0.433 e. The summed E-state index contributed by atoms with van der Waals surface area (Å²) in [4.78, 5) is 24.0. The van der Waals surface area contributed by atoms with Crippen LogP contribution >= 0.6 is 0 Å². The molecule has 1 aromatic carbocycles. The van der Waals surface area contributed by atoms with Gasteiger partial charge in [-0.1, -0.05) is 13.0 Å². The number of carbonyl (C=O) groups excluding carboxylic acids is 1. The SMILES string of the molecule is CC(C)Oc1cc(C(=O)NC(N(O)C(=O)O)C2(C)COC2)ccc1C1CC1. The Morgan fingerprint density at radius 3 is 2.48 bits per heavy atom. The number of nitrogens with zero attached hydrogens (tertiary/aromatic N) is 1. The molecular weight excluding hydrogens is 352 g/mol. The highest BCUT2D eigenvalue weighted by molar-refractivity contribution is 5.95. The second kappa shape index (κ2) is 7.36. The number of rotatable bonds is 7. The lowest BCUT2D eigenvalue weighted by Crippen LogP contribution is -2.64. The van der Waals surface area contributed by atoms with Gasteiger partial charge in [-0.3, -0.25) is 10.0 Å². The Balaban J connectivity index is 1.82. The lowest BCUT2D eigenvalue weighted by atomic mass is 9.84. The van der Waals surface area contributed by atoms with Gasteiger partial charge in [-0.15, -0.1) is 0 Å². The van der Waals surface area contributed by atoms with Gasteiger partial charge < -0.3 is 19.9 Å². The lowest BCUT2D eigenvalue weighted by molar-refractivity contribution is -0.204. The number of benzene rings is 1. The third kappa shape index (κ3) is 4.17. The Kier molecular flexibility index (Phi) is 5.30. The zero-order valence-electron chi connectivity index (χ0n) is 15.8. The van der Waals surface area contributed by atoms with Gasteiger partial charge in [-0.05, 0) is 50.3 Å². The molecule has 27 heavy (non-hydrogen) atoms. The maximum Gasteiger partial charge on any atom is 0.433 e. The molecule has 3 rings (SSSR count). The van der Waals surface area contributed by atoms with E-state index in [9.17, 15) is 14.8 Å². The molecule has 1 saturated heterocycles. The highest BCUT2D eigenvalue weighted by Crippen LogP contribution is 2.44. The molecule has 1 atom stereocenters. The van der Waals surface area contributed by atoms with Crippen LogP contribution in [0, 0.1) is 5.41 Å². The number of hydrogen-bond acceptors (Lipinski definition) is 5. The monoisotopic (exact) mass is 378 g/mol. The molecule has 3 N–H and O–H groups in total. The molecule has 8 nitrogen and oxygen atoms in total. The zero-order chi connectivity index (χ0) is 19.8. The summed E-state index contributed by atoms with van der Waals surface area (Å²) in [5.41, 5.74) is 0.738. The number of hydrogen-bond donors (Lipinski definition) is 3. The number of hydroxylamine groups is 2. The Hall–Kier alpha value is -2.32. The van der Waals surface area contributed by atoms with Crippen LogP contribution in [0.15, 0.2) is 18.2 Å². The van der Waals surface area contributed by atoms with Crippen molar-refractivity contribution in [3.05, 3.63) is 29.3 Å². The largest absolute Gasteiger partial charge is 0.491 e. The lowest BCUT2D eigenvalue weighted by Gasteiger charge is -2.45. The molecular formula is C19H26N2O6. The molecule has 2 aliphatic rings. The molecule has 2 fully saturated rings. The molecule has 0 bridgehead atoms. The first-order valence-corrected chi connectivity index (χ1v) is 9.11. The quantitative estimate of drug-likeness (QED) is 0.382. The molecule has 1 saturated carbocycles. The van der Waals surface area contributed by atoms with E-state index in [0.29, 0.717) is 17.2 Å². The van der Waals surface area contributed by atoms with E-state index < -0.39 is 23.6 Å². The summed E-state index contributed by atoms with van der Waals surface area (Å²) in [6.45, 7) is 6.08. The average Bonchev–Trinajstić information content (AvgIpc) is 3.41. The van der Waals surface area contributed by atoms with E-state index in [2.05, 4.69) is 5.32 Å². The predicted octanol–water partition coefficient (Wildman–Crippen LogP) is 2.81. The molecule has 0 radical (unpaired) electrons. The maximum atomic E-state index is 12.8. The van der Waals surface area contributed by atoms with Gasteiger partial charge in [0.05, 0.1) is 24.7 Å². The Bertz CT molecular complexity index is 727. The summed E-state index contributed by atoms with van der Waals surface area (Å²) >= 11 is 0. The molecule has 8 heteroatoms. The van der Waals surface area contributed by atoms with Crippen molar-refractivity contribution in [1.82, 2.24) is 10.4 Å². The van der Waals surface area contributed by atoms with Crippen LogP contribution < -0.4 is 10.1 Å². The third-order valence-corrected chi connectivity index (χ3v) is 4.89. The van der Waals surface area contributed by atoms with Gasteiger partial charge in [-0.2, -0.15) is 5.06 Å². The molecule has 148 valence electrons. The molecule has 1 aliphatic heterocycles. The van der Waals surface area contributed by atoms with E-state index >= 15 is 0 Å². The van der Waals surface area contributed by atoms with E-state index in [1.165, 1.54) is 0 Å². The van der Waals surface area contributed by atoms with Crippen molar-refractivity contribution in [2.24, 2.45) is 5.41 Å². The van der Waals surface area contributed by atoms with Gasteiger partial charge in [-0.25, -0.2) is 4.79 Å². The van der Waals surface area contributed by atoms with Crippen LogP contribution in [0.1, 0.15) is 55.5 Å². The maximum absolute atomic E-state index is 12.8. The highest BCUT2D eigenvalue weighted by Gasteiger charge is 2.47. The van der Waals surface area contributed by atoms with Gasteiger partial charge in [0.2, 0.25) is 0 Å². The summed E-state index contributed by atoms with van der Waals surface area (Å²) in [5, 5.41) is 21.8. The van der Waals surface area contributed by atoms with Crippen molar-refractivity contribution in [3.63, 3.8) is 0 Å². The second-order valence-electron chi connectivity index (χ2n) is 7.84. The average molecular weight is 378 g/mol. The second-order valence-corrected chi connectivity index (χ2v) is 7.84. The predicted molar refractivity (Wildman–Crippen MR) is 96.0 cm³/mol. The summed E-state index contributed by atoms with van der Waals surface area (Å²) in [7, 11) is 0. The van der Waals surface area contributed by atoms with Crippen LogP contribution in [0.5, 0.6) is 5.75 Å². The van der Waals surface area contributed by atoms with Gasteiger partial charge in [0.1, 0.15) is 11.9 Å². The van der Waals surface area contributed by atoms with Crippen molar-refractivity contribution >= 4 is 12.0 Å². The fourth-order valence-electron chi connectivity index (χ4n) is 3.19. The number of amides is 2. The standard InChI is InChI=1S/C19H26N2O6/c1-11(2)27-15-8-13(6-7-14(15)12-4-5-12)16(22)20-17(21(25)18(23)24)19(3)9-26-10-19/h6-8,11-12,17,25H,4-5,9-10H2,1-3H3,(H,20,22)(H,23,24). The van der Waals surface area contributed by atoms with E-state index in [-0.39, 0.29) is 24.4 Å². The van der Waals surface area contributed by atoms with Crippen molar-refractivity contribution in [2.45, 2.75) is 51.8 Å². The van der Waals surface area contributed by atoms with Crippen LogP contribution in [-0.4, -0.2) is 52.9 Å². The van der Waals surface area contributed by atoms with Crippen LogP contribution in [0.2, 0.25) is 0 Å². The Labute approximate surface area is 158 Å². The first kappa shape index (κ1) is 19.4. The summed E-state index contributed by atoms with van der Waals surface area (Å²) in [6, 6.07) is 5.28. The third-order valence-electron chi connectivity index (χ3n) is 4.89. The van der Waals surface area contributed by atoms with Crippen LogP contribution in [0.3, 0.4) is 0 Å². The summed E-state index contributed by atoms with van der Waals surface area (Å²) in [5.74, 6) is 0.660. The van der Waals surface area contributed by atoms with Crippen molar-refractivity contribution in [1.29, 1.82) is 0 Å². The van der Waals surface area contributed by atoms with E-state index in [4.69, 9.17) is 14.6 Å². The van der Waals surface area contributed by atoms with Gasteiger partial charge in [0, 0.05) is 5.56 Å². The molecule has 1 aliphatic carbocycles. The van der Waals surface area contributed by atoms with Gasteiger partial charge in [0.25, 0.3) is 5.91 Å². The van der Waals surface area contributed by atoms with Crippen LogP contribution in [0.4, 0.5) is 4.79 Å². The highest BCUT2D eigenvalue weighted by atomic mass is 16.6. The fraction of sp³-hybridized carbons (Fsp3) is 0.579. The van der Waals surface area contributed by atoms with E-state index in [0.717, 1.165) is 18.4 Å². The number of carboxylic acid groups (broad SMARTS) is 1. The van der Waals surface area contributed by atoms with Crippen molar-refractivity contribution < 1.29 is 29.4 Å². The van der Waals surface area contributed by atoms with Gasteiger partial charge >= 0.3 is 6.09 Å². The number of ether oxygens (including phenoxy) is 2. The topological polar surface area (TPSA) is 108 Å². The van der Waals surface area contributed by atoms with Crippen LogP contribution in [0.25, 0.3) is 0 Å². The molecule has 0 aromatic heterocycles. The molecule has 0 spiro atoms. The van der Waals surface area contributed by atoms with Crippen molar-refractivity contribution in [2.75, 3.05) is 13.2 Å². The minimum absolute atomic E-state index is 0.0282. The summed E-state index contributed by atoms with van der Waals surface area (Å²) in [6.07, 6.45) is -0.466. The van der Waals surface area contributed by atoms with Crippen LogP contribution in [-0.2, 0) is 4.74 Å². The fourth-order valence-corrected chi connectivity index (χ4v) is 3.19. The molecule has 1 unspecified atom stereocenters. The molecule has 1 heterocycles. The summed E-state index contributed by atoms with van der Waals surface area (Å²) < 4.78 is 11.0. The number of carbonyl (C=O) groups is 2. The number of nitrogens with one attached hydrogen (secondary N) is 1. The minimum atomic E-state index is -1.54. The Morgan fingerprint density at radius 2 is 2.00 bits per heavy atom. The van der Waals surface area contributed by atoms with E-state index in [1.54, 1.807) is 19.1 Å². The molecule has 2 amide bonds.